The van der Waals surface area contributed by atoms with Crippen molar-refractivity contribution in [3.8, 4) is 0 Å². The summed E-state index contributed by atoms with van der Waals surface area (Å²) in [5.74, 6) is 2.66. The minimum absolute atomic E-state index is 0.547. The number of hydrogen-bond acceptors (Lipinski definition) is 3. The van der Waals surface area contributed by atoms with Gasteiger partial charge in [0, 0.05) is 33.3 Å². The standard InChI is InChI=1S/C16H27N3O2/c1-14-6-3-9-19(12-14)16(17-2)18-8-5-10-20-13-15-7-4-11-21-15/h4,7,11,14H,3,5-6,8-10,12-13H2,1-2H3,(H,17,18). The molecule has 1 fully saturated rings. The molecule has 1 unspecified atom stereocenters. The Hall–Kier alpha value is -1.49. The lowest BCUT2D eigenvalue weighted by Gasteiger charge is -2.33. The van der Waals surface area contributed by atoms with E-state index in [0.717, 1.165) is 50.3 Å². The van der Waals surface area contributed by atoms with Crippen LogP contribution >= 0.6 is 0 Å². The smallest absolute Gasteiger partial charge is 0.193 e. The maximum atomic E-state index is 5.57. The predicted octanol–water partition coefficient (Wildman–Crippen LogP) is 2.49. The number of piperidine rings is 1. The molecule has 0 aliphatic carbocycles. The van der Waals surface area contributed by atoms with Crippen LogP contribution in [0.3, 0.4) is 0 Å². The molecular weight excluding hydrogens is 266 g/mol. The maximum absolute atomic E-state index is 5.57. The number of furan rings is 1. The molecule has 0 bridgehead atoms. The van der Waals surface area contributed by atoms with Crippen molar-refractivity contribution in [3.63, 3.8) is 0 Å². The van der Waals surface area contributed by atoms with E-state index in [1.54, 1.807) is 6.26 Å². The minimum Gasteiger partial charge on any atom is -0.467 e. The Kier molecular flexibility index (Phi) is 6.60. The lowest BCUT2D eigenvalue weighted by molar-refractivity contribution is 0.104. The van der Waals surface area contributed by atoms with E-state index >= 15 is 0 Å². The quantitative estimate of drug-likeness (QED) is 0.497. The third-order valence-electron chi connectivity index (χ3n) is 3.74. The van der Waals surface area contributed by atoms with Gasteiger partial charge in [0.05, 0.1) is 6.26 Å². The third kappa shape index (κ3) is 5.42. The predicted molar refractivity (Wildman–Crippen MR) is 84.3 cm³/mol. The van der Waals surface area contributed by atoms with Gasteiger partial charge in [-0.1, -0.05) is 6.92 Å². The van der Waals surface area contributed by atoms with Crippen LogP contribution in [0.2, 0.25) is 0 Å². The van der Waals surface area contributed by atoms with Gasteiger partial charge in [0.15, 0.2) is 5.96 Å². The zero-order chi connectivity index (χ0) is 14.9. The second kappa shape index (κ2) is 8.72. The number of likely N-dealkylation sites (tertiary alicyclic amines) is 1. The third-order valence-corrected chi connectivity index (χ3v) is 3.74. The maximum Gasteiger partial charge on any atom is 0.193 e. The van der Waals surface area contributed by atoms with Gasteiger partial charge in [0.25, 0.3) is 0 Å². The largest absolute Gasteiger partial charge is 0.467 e. The van der Waals surface area contributed by atoms with Crippen LogP contribution in [0.1, 0.15) is 31.9 Å². The zero-order valence-corrected chi connectivity index (χ0v) is 13.2. The molecule has 0 radical (unpaired) electrons. The van der Waals surface area contributed by atoms with Gasteiger partial charge in [0.1, 0.15) is 12.4 Å². The Bertz CT molecular complexity index is 417. The van der Waals surface area contributed by atoms with Gasteiger partial charge in [-0.2, -0.15) is 0 Å². The second-order valence-electron chi connectivity index (χ2n) is 5.65. The first-order valence-electron chi connectivity index (χ1n) is 7.85. The first-order chi connectivity index (χ1) is 10.3. The van der Waals surface area contributed by atoms with Gasteiger partial charge >= 0.3 is 0 Å². The van der Waals surface area contributed by atoms with E-state index in [2.05, 4.69) is 22.1 Å². The Morgan fingerprint density at radius 3 is 3.19 bits per heavy atom. The lowest BCUT2D eigenvalue weighted by Crippen LogP contribution is -2.46. The average molecular weight is 293 g/mol. The highest BCUT2D eigenvalue weighted by Crippen LogP contribution is 2.15. The summed E-state index contributed by atoms with van der Waals surface area (Å²) in [5, 5.41) is 3.43. The molecule has 5 nitrogen and oxygen atoms in total. The molecule has 1 atom stereocenters. The molecule has 0 aromatic carbocycles. The highest BCUT2D eigenvalue weighted by Gasteiger charge is 2.18. The van der Waals surface area contributed by atoms with Gasteiger partial charge in [-0.15, -0.1) is 0 Å². The molecule has 1 aromatic rings. The summed E-state index contributed by atoms with van der Waals surface area (Å²) in [7, 11) is 1.86. The van der Waals surface area contributed by atoms with E-state index in [1.807, 2.05) is 19.2 Å². The summed E-state index contributed by atoms with van der Waals surface area (Å²) in [6.07, 6.45) is 5.22. The Morgan fingerprint density at radius 2 is 2.48 bits per heavy atom. The van der Waals surface area contributed by atoms with Crippen molar-refractivity contribution >= 4 is 5.96 Å². The summed E-state index contributed by atoms with van der Waals surface area (Å²) in [5.41, 5.74) is 0. The molecule has 0 spiro atoms. The van der Waals surface area contributed by atoms with Crippen molar-refractivity contribution in [2.75, 3.05) is 33.3 Å². The highest BCUT2D eigenvalue weighted by atomic mass is 16.5. The van der Waals surface area contributed by atoms with Crippen LogP contribution in [0.4, 0.5) is 0 Å². The number of nitrogens with zero attached hydrogens (tertiary/aromatic N) is 2. The van der Waals surface area contributed by atoms with Crippen LogP contribution in [-0.2, 0) is 11.3 Å². The summed E-state index contributed by atoms with van der Waals surface area (Å²) in [6.45, 7) is 6.68. The second-order valence-corrected chi connectivity index (χ2v) is 5.65. The molecule has 2 rings (SSSR count). The molecule has 1 aliphatic rings. The van der Waals surface area contributed by atoms with E-state index in [0.29, 0.717) is 6.61 Å². The fourth-order valence-electron chi connectivity index (χ4n) is 2.66. The number of nitrogens with one attached hydrogen (secondary N) is 1. The van der Waals surface area contributed by atoms with E-state index < -0.39 is 0 Å². The molecular formula is C16H27N3O2. The molecule has 0 saturated carbocycles. The summed E-state index contributed by atoms with van der Waals surface area (Å²) in [6, 6.07) is 3.81. The molecule has 118 valence electrons. The van der Waals surface area contributed by atoms with Crippen molar-refractivity contribution in [1.29, 1.82) is 0 Å². The first kappa shape index (κ1) is 15.9. The average Bonchev–Trinajstić information content (AvgIpc) is 3.00. The highest BCUT2D eigenvalue weighted by molar-refractivity contribution is 5.79. The van der Waals surface area contributed by atoms with Crippen molar-refractivity contribution in [3.05, 3.63) is 24.2 Å². The van der Waals surface area contributed by atoms with Gasteiger partial charge in [-0.25, -0.2) is 0 Å². The van der Waals surface area contributed by atoms with Gasteiger partial charge in [0.2, 0.25) is 0 Å². The van der Waals surface area contributed by atoms with Gasteiger partial charge < -0.3 is 19.4 Å². The molecule has 1 saturated heterocycles. The van der Waals surface area contributed by atoms with Crippen molar-refractivity contribution < 1.29 is 9.15 Å². The fourth-order valence-corrected chi connectivity index (χ4v) is 2.66. The summed E-state index contributed by atoms with van der Waals surface area (Å²) >= 11 is 0. The molecule has 1 aliphatic heterocycles. The van der Waals surface area contributed by atoms with Crippen molar-refractivity contribution in [2.45, 2.75) is 32.8 Å². The molecule has 5 heteroatoms. The number of hydrogen-bond donors (Lipinski definition) is 1. The van der Waals surface area contributed by atoms with E-state index in [9.17, 15) is 0 Å². The van der Waals surface area contributed by atoms with Gasteiger partial charge in [-0.05, 0) is 37.3 Å². The SMILES string of the molecule is CN=C(NCCCOCc1ccco1)N1CCCC(C)C1. The van der Waals surface area contributed by atoms with Crippen LogP contribution in [0, 0.1) is 5.92 Å². The van der Waals surface area contributed by atoms with Crippen molar-refractivity contribution in [1.82, 2.24) is 10.2 Å². The van der Waals surface area contributed by atoms with E-state index in [4.69, 9.17) is 9.15 Å². The normalized spacial score (nSPS) is 19.8. The minimum atomic E-state index is 0.547. The van der Waals surface area contributed by atoms with Crippen LogP contribution in [-0.4, -0.2) is 44.1 Å². The first-order valence-corrected chi connectivity index (χ1v) is 7.85. The monoisotopic (exact) mass is 293 g/mol. The van der Waals surface area contributed by atoms with Crippen LogP contribution in [0.15, 0.2) is 27.8 Å². The van der Waals surface area contributed by atoms with Gasteiger partial charge in [-0.3, -0.25) is 4.99 Å². The van der Waals surface area contributed by atoms with Crippen molar-refractivity contribution in [2.24, 2.45) is 10.9 Å². The topological polar surface area (TPSA) is 50.0 Å². The number of aliphatic imine (C=N–C) groups is 1. The number of ether oxygens (including phenoxy) is 1. The molecule has 21 heavy (non-hydrogen) atoms. The van der Waals surface area contributed by atoms with E-state index in [-0.39, 0.29) is 0 Å². The lowest BCUT2D eigenvalue weighted by atomic mass is 10.0. The van der Waals surface area contributed by atoms with Crippen LogP contribution < -0.4 is 5.32 Å². The zero-order valence-electron chi connectivity index (χ0n) is 13.2. The Labute approximate surface area is 127 Å². The van der Waals surface area contributed by atoms with Crippen LogP contribution in [0.25, 0.3) is 0 Å². The summed E-state index contributed by atoms with van der Waals surface area (Å²) in [4.78, 5) is 6.74. The fraction of sp³-hybridized carbons (Fsp3) is 0.688. The molecule has 1 aromatic heterocycles. The Morgan fingerprint density at radius 1 is 1.57 bits per heavy atom. The van der Waals surface area contributed by atoms with E-state index in [1.165, 1.54) is 12.8 Å². The molecule has 0 amide bonds. The summed E-state index contributed by atoms with van der Waals surface area (Å²) < 4.78 is 10.8. The molecule has 2 heterocycles. The Balaban J connectivity index is 1.58. The van der Waals surface area contributed by atoms with Crippen LogP contribution in [0.5, 0.6) is 0 Å². The number of guanidine groups is 1. The molecule has 1 N–H and O–H groups in total. The number of rotatable bonds is 6.